The minimum absolute atomic E-state index is 0.248. The molecule has 1 aromatic heterocycles. The topological polar surface area (TPSA) is 20.7 Å². The second-order valence-electron chi connectivity index (χ2n) is 3.94. The summed E-state index contributed by atoms with van der Waals surface area (Å²) in [6.07, 6.45) is 0. The molecule has 0 radical (unpaired) electrons. The number of aromatic amines is 1. The lowest BCUT2D eigenvalue weighted by Crippen LogP contribution is -2.07. The molecule has 0 spiro atoms. The summed E-state index contributed by atoms with van der Waals surface area (Å²) < 4.78 is 16.2. The number of imidazole rings is 1. The average molecular weight is 270 g/mol. The van der Waals surface area contributed by atoms with Crippen LogP contribution in [0, 0.1) is 10.6 Å². The molecule has 0 amide bonds. The van der Waals surface area contributed by atoms with Gasteiger partial charge in [0.1, 0.15) is 11.3 Å². The van der Waals surface area contributed by atoms with Crippen molar-refractivity contribution in [1.82, 2.24) is 9.55 Å². The van der Waals surface area contributed by atoms with E-state index < -0.39 is 0 Å². The summed E-state index contributed by atoms with van der Waals surface area (Å²) in [5.74, 6) is 1.81. The second-order valence-corrected chi connectivity index (χ2v) is 5.65. The van der Waals surface area contributed by atoms with Gasteiger partial charge in [-0.25, -0.2) is 4.39 Å². The molecule has 1 heterocycles. The number of H-pyrrole nitrogens is 1. The average Bonchev–Trinajstić information content (AvgIpc) is 2.64. The molecule has 2 rings (SSSR count). The van der Waals surface area contributed by atoms with Crippen molar-refractivity contribution in [3.63, 3.8) is 0 Å². The lowest BCUT2D eigenvalue weighted by molar-refractivity contribution is 0.619. The van der Waals surface area contributed by atoms with Gasteiger partial charge < -0.3 is 9.55 Å². The third-order valence-corrected chi connectivity index (χ3v) is 4.13. The van der Waals surface area contributed by atoms with Crippen LogP contribution in [-0.4, -0.2) is 21.1 Å². The van der Waals surface area contributed by atoms with Gasteiger partial charge in [0.15, 0.2) is 4.77 Å². The van der Waals surface area contributed by atoms with E-state index in [0.717, 1.165) is 17.0 Å². The summed E-state index contributed by atoms with van der Waals surface area (Å²) in [6, 6.07) is 5.33. The van der Waals surface area contributed by atoms with E-state index in [1.54, 1.807) is 6.07 Å². The van der Waals surface area contributed by atoms with Gasteiger partial charge in [-0.2, -0.15) is 11.8 Å². The van der Waals surface area contributed by atoms with Crippen LogP contribution in [0.3, 0.4) is 0 Å². The Morgan fingerprint density at radius 3 is 3.00 bits per heavy atom. The van der Waals surface area contributed by atoms with E-state index in [-0.39, 0.29) is 11.9 Å². The summed E-state index contributed by atoms with van der Waals surface area (Å²) in [5, 5.41) is 0. The molecular formula is C12H15FN2S2. The molecule has 0 fully saturated rings. The first kappa shape index (κ1) is 12.6. The van der Waals surface area contributed by atoms with Crippen molar-refractivity contribution in [2.75, 3.05) is 11.5 Å². The number of hydrogen-bond acceptors (Lipinski definition) is 2. The van der Waals surface area contributed by atoms with Crippen molar-refractivity contribution in [3.05, 3.63) is 28.8 Å². The van der Waals surface area contributed by atoms with Crippen LogP contribution >= 0.6 is 24.0 Å². The van der Waals surface area contributed by atoms with E-state index in [0.29, 0.717) is 10.3 Å². The number of para-hydroxylation sites is 1. The zero-order chi connectivity index (χ0) is 12.4. The molecule has 0 aliphatic rings. The minimum atomic E-state index is -0.248. The largest absolute Gasteiger partial charge is 0.328 e. The first-order chi connectivity index (χ1) is 8.15. The highest BCUT2D eigenvalue weighted by Gasteiger charge is 2.12. The molecule has 1 aromatic carbocycles. The summed E-state index contributed by atoms with van der Waals surface area (Å²) in [6.45, 7) is 4.24. The smallest absolute Gasteiger partial charge is 0.178 e. The number of halogens is 1. The molecule has 2 nitrogen and oxygen atoms in total. The van der Waals surface area contributed by atoms with E-state index >= 15 is 0 Å². The first-order valence-electron chi connectivity index (χ1n) is 5.61. The molecule has 0 aliphatic carbocycles. The molecule has 0 saturated heterocycles. The van der Waals surface area contributed by atoms with E-state index in [1.807, 2.05) is 22.4 Å². The van der Waals surface area contributed by atoms with E-state index in [2.05, 4.69) is 18.8 Å². The fourth-order valence-corrected chi connectivity index (χ4v) is 3.02. The Morgan fingerprint density at radius 1 is 1.53 bits per heavy atom. The molecule has 0 saturated carbocycles. The zero-order valence-electron chi connectivity index (χ0n) is 9.87. The summed E-state index contributed by atoms with van der Waals surface area (Å²) in [5.41, 5.74) is 1.35. The number of benzene rings is 1. The molecular weight excluding hydrogens is 255 g/mol. The second kappa shape index (κ2) is 5.23. The molecule has 2 aromatic rings. The molecule has 92 valence electrons. The highest BCUT2D eigenvalue weighted by molar-refractivity contribution is 7.99. The Bertz CT molecular complexity index is 573. The third-order valence-electron chi connectivity index (χ3n) is 2.71. The summed E-state index contributed by atoms with van der Waals surface area (Å²) in [7, 11) is 0. The van der Waals surface area contributed by atoms with Gasteiger partial charge in [0.05, 0.1) is 5.52 Å². The minimum Gasteiger partial charge on any atom is -0.328 e. The molecule has 0 aliphatic heterocycles. The zero-order valence-corrected chi connectivity index (χ0v) is 11.5. The Hall–Kier alpha value is -0.810. The van der Waals surface area contributed by atoms with Crippen LogP contribution in [0.15, 0.2) is 18.2 Å². The maximum absolute atomic E-state index is 13.6. The molecule has 1 atom stereocenters. The fraction of sp³-hybridized carbons (Fsp3) is 0.417. The van der Waals surface area contributed by atoms with Crippen molar-refractivity contribution in [2.45, 2.75) is 19.9 Å². The Morgan fingerprint density at radius 2 is 2.29 bits per heavy atom. The fourth-order valence-electron chi connectivity index (χ4n) is 1.91. The van der Waals surface area contributed by atoms with Gasteiger partial charge in [-0.15, -0.1) is 0 Å². The van der Waals surface area contributed by atoms with Gasteiger partial charge in [0.25, 0.3) is 0 Å². The van der Waals surface area contributed by atoms with Gasteiger partial charge in [-0.05, 0) is 37.0 Å². The molecule has 1 unspecified atom stereocenters. The van der Waals surface area contributed by atoms with Gasteiger partial charge in [-0.1, -0.05) is 13.0 Å². The van der Waals surface area contributed by atoms with Crippen molar-refractivity contribution in [1.29, 1.82) is 0 Å². The molecule has 0 bridgehead atoms. The van der Waals surface area contributed by atoms with Crippen LogP contribution in [0.2, 0.25) is 0 Å². The maximum Gasteiger partial charge on any atom is 0.178 e. The quantitative estimate of drug-likeness (QED) is 0.842. The normalized spacial score (nSPS) is 13.1. The summed E-state index contributed by atoms with van der Waals surface area (Å²) >= 11 is 7.13. The SMILES string of the molecule is CCSCC(C)n1c(=S)[nH]c2c(F)cccc21. The van der Waals surface area contributed by atoms with Crippen molar-refractivity contribution in [2.24, 2.45) is 0 Å². The monoisotopic (exact) mass is 270 g/mol. The number of fused-ring (bicyclic) bond motifs is 1. The van der Waals surface area contributed by atoms with Gasteiger partial charge >= 0.3 is 0 Å². The van der Waals surface area contributed by atoms with Crippen LogP contribution < -0.4 is 0 Å². The number of nitrogens with one attached hydrogen (secondary N) is 1. The Labute approximate surface area is 109 Å². The van der Waals surface area contributed by atoms with E-state index in [9.17, 15) is 4.39 Å². The third kappa shape index (κ3) is 2.40. The van der Waals surface area contributed by atoms with Gasteiger partial charge in [0, 0.05) is 11.8 Å². The number of aromatic nitrogens is 2. The predicted molar refractivity (Wildman–Crippen MR) is 74.8 cm³/mol. The van der Waals surface area contributed by atoms with Crippen LogP contribution in [0.4, 0.5) is 4.39 Å². The van der Waals surface area contributed by atoms with Crippen LogP contribution in [0.5, 0.6) is 0 Å². The molecule has 17 heavy (non-hydrogen) atoms. The highest BCUT2D eigenvalue weighted by Crippen LogP contribution is 2.23. The maximum atomic E-state index is 13.6. The molecule has 1 N–H and O–H groups in total. The van der Waals surface area contributed by atoms with Crippen LogP contribution in [0.1, 0.15) is 19.9 Å². The number of thioether (sulfide) groups is 1. The van der Waals surface area contributed by atoms with Crippen molar-refractivity contribution in [3.8, 4) is 0 Å². The lowest BCUT2D eigenvalue weighted by atomic mass is 10.3. The number of nitrogens with zero attached hydrogens (tertiary/aromatic N) is 1. The summed E-state index contributed by atoms with van der Waals surface area (Å²) in [4.78, 5) is 2.95. The van der Waals surface area contributed by atoms with Crippen molar-refractivity contribution < 1.29 is 4.39 Å². The lowest BCUT2D eigenvalue weighted by Gasteiger charge is -2.13. The molecule has 5 heteroatoms. The predicted octanol–water partition coefficient (Wildman–Crippen LogP) is 4.15. The standard InChI is InChI=1S/C12H15FN2S2/c1-3-17-7-8(2)15-10-6-4-5-9(13)11(10)14-12(15)16/h4-6,8H,3,7H2,1-2H3,(H,14,16). The Balaban J connectivity index is 2.50. The number of hydrogen-bond donors (Lipinski definition) is 1. The van der Waals surface area contributed by atoms with E-state index in [4.69, 9.17) is 12.2 Å². The number of rotatable bonds is 4. The van der Waals surface area contributed by atoms with Crippen LogP contribution in [-0.2, 0) is 0 Å². The van der Waals surface area contributed by atoms with Crippen LogP contribution in [0.25, 0.3) is 11.0 Å². The Kier molecular flexibility index (Phi) is 3.89. The van der Waals surface area contributed by atoms with E-state index in [1.165, 1.54) is 6.07 Å². The van der Waals surface area contributed by atoms with Gasteiger partial charge in [-0.3, -0.25) is 0 Å². The van der Waals surface area contributed by atoms with Gasteiger partial charge in [0.2, 0.25) is 0 Å². The van der Waals surface area contributed by atoms with Crippen molar-refractivity contribution >= 4 is 35.0 Å². The highest BCUT2D eigenvalue weighted by atomic mass is 32.2. The first-order valence-corrected chi connectivity index (χ1v) is 7.18.